The van der Waals surface area contributed by atoms with Crippen molar-refractivity contribution in [1.29, 1.82) is 0 Å². The summed E-state index contributed by atoms with van der Waals surface area (Å²) in [5.74, 6) is 2.45. The fraction of sp³-hybridized carbons (Fsp3) is 0.800. The minimum absolute atomic E-state index is 0.226. The molecule has 1 aliphatic heterocycles. The van der Waals surface area contributed by atoms with Gasteiger partial charge in [0.25, 0.3) is 0 Å². The SMILES string of the molecule is CCC(N)Cc1c(C)nn(C)c1N1CCSC(C)(C)C1. The normalized spacial score (nSPS) is 20.2. The van der Waals surface area contributed by atoms with E-state index >= 15 is 0 Å². The van der Waals surface area contributed by atoms with Crippen molar-refractivity contribution in [1.82, 2.24) is 9.78 Å². The maximum Gasteiger partial charge on any atom is 0.130 e. The van der Waals surface area contributed by atoms with E-state index in [0.717, 1.165) is 31.6 Å². The van der Waals surface area contributed by atoms with Crippen molar-refractivity contribution in [2.75, 3.05) is 23.7 Å². The summed E-state index contributed by atoms with van der Waals surface area (Å²) in [6.07, 6.45) is 1.94. The lowest BCUT2D eigenvalue weighted by Gasteiger charge is -2.39. The van der Waals surface area contributed by atoms with Gasteiger partial charge in [-0.25, -0.2) is 0 Å². The molecule has 2 heterocycles. The molecule has 0 amide bonds. The van der Waals surface area contributed by atoms with Crippen molar-refractivity contribution in [3.05, 3.63) is 11.3 Å². The molecule has 1 aromatic rings. The summed E-state index contributed by atoms with van der Waals surface area (Å²) in [4.78, 5) is 2.49. The topological polar surface area (TPSA) is 47.1 Å². The van der Waals surface area contributed by atoms with Crippen LogP contribution >= 0.6 is 11.8 Å². The van der Waals surface area contributed by atoms with Crippen LogP contribution in [0.1, 0.15) is 38.4 Å². The van der Waals surface area contributed by atoms with Gasteiger partial charge in [-0.3, -0.25) is 4.68 Å². The first-order valence-electron chi connectivity index (χ1n) is 7.51. The van der Waals surface area contributed by atoms with E-state index in [1.54, 1.807) is 0 Å². The van der Waals surface area contributed by atoms with Crippen LogP contribution in [0.3, 0.4) is 0 Å². The van der Waals surface area contributed by atoms with E-state index in [2.05, 4.69) is 56.5 Å². The lowest BCUT2D eigenvalue weighted by atomic mass is 10.0. The van der Waals surface area contributed by atoms with Crippen LogP contribution in [-0.4, -0.2) is 39.4 Å². The zero-order chi connectivity index (χ0) is 14.9. The largest absolute Gasteiger partial charge is 0.354 e. The number of rotatable bonds is 4. The molecule has 1 saturated heterocycles. The molecular weight excluding hydrogens is 268 g/mol. The first-order chi connectivity index (χ1) is 9.34. The molecule has 1 aromatic heterocycles. The molecule has 2 N–H and O–H groups in total. The van der Waals surface area contributed by atoms with Gasteiger partial charge in [0.15, 0.2) is 0 Å². The first kappa shape index (κ1) is 15.7. The number of aryl methyl sites for hydroxylation is 2. The highest BCUT2D eigenvalue weighted by Crippen LogP contribution is 2.34. The highest BCUT2D eigenvalue weighted by molar-refractivity contribution is 8.00. The van der Waals surface area contributed by atoms with Crippen LogP contribution in [0.15, 0.2) is 0 Å². The van der Waals surface area contributed by atoms with Crippen molar-refractivity contribution >= 4 is 17.6 Å². The second-order valence-corrected chi connectivity index (χ2v) is 8.22. The smallest absolute Gasteiger partial charge is 0.130 e. The first-order valence-corrected chi connectivity index (χ1v) is 8.49. The van der Waals surface area contributed by atoms with Gasteiger partial charge in [-0.05, 0) is 33.6 Å². The highest BCUT2D eigenvalue weighted by atomic mass is 32.2. The fourth-order valence-electron chi connectivity index (χ4n) is 2.93. The number of hydrogen-bond acceptors (Lipinski definition) is 4. The van der Waals surface area contributed by atoms with Crippen molar-refractivity contribution in [3.8, 4) is 0 Å². The van der Waals surface area contributed by atoms with E-state index in [1.807, 2.05) is 4.68 Å². The zero-order valence-corrected chi connectivity index (χ0v) is 14.3. The van der Waals surface area contributed by atoms with Crippen molar-refractivity contribution in [2.45, 2.75) is 51.3 Å². The molecule has 1 aliphatic rings. The number of nitrogens with two attached hydrogens (primary N) is 1. The molecule has 1 unspecified atom stereocenters. The maximum atomic E-state index is 6.18. The predicted octanol–water partition coefficient (Wildman–Crippen LogP) is 2.34. The monoisotopic (exact) mass is 296 g/mol. The van der Waals surface area contributed by atoms with Gasteiger partial charge in [-0.1, -0.05) is 6.92 Å². The molecule has 0 aromatic carbocycles. The number of aromatic nitrogens is 2. The van der Waals surface area contributed by atoms with Crippen LogP contribution < -0.4 is 10.6 Å². The number of hydrogen-bond donors (Lipinski definition) is 1. The van der Waals surface area contributed by atoms with E-state index in [9.17, 15) is 0 Å². The summed E-state index contributed by atoms with van der Waals surface area (Å²) in [5, 5.41) is 4.63. The standard InChI is InChI=1S/C15H28N4S/c1-6-12(16)9-13-11(2)17-18(5)14(13)19-7-8-20-15(3,4)10-19/h12H,6-10,16H2,1-5H3. The van der Waals surface area contributed by atoms with Crippen LogP contribution in [0, 0.1) is 6.92 Å². The zero-order valence-electron chi connectivity index (χ0n) is 13.4. The Morgan fingerprint density at radius 1 is 1.45 bits per heavy atom. The Balaban J connectivity index is 2.30. The highest BCUT2D eigenvalue weighted by Gasteiger charge is 2.30. The minimum Gasteiger partial charge on any atom is -0.354 e. The van der Waals surface area contributed by atoms with Gasteiger partial charge in [0.2, 0.25) is 0 Å². The van der Waals surface area contributed by atoms with Gasteiger partial charge in [0.1, 0.15) is 5.82 Å². The van der Waals surface area contributed by atoms with Crippen LogP contribution in [0.2, 0.25) is 0 Å². The number of anilines is 1. The quantitative estimate of drug-likeness (QED) is 0.926. The van der Waals surface area contributed by atoms with Gasteiger partial charge in [0.05, 0.1) is 5.69 Å². The Morgan fingerprint density at radius 3 is 2.75 bits per heavy atom. The molecule has 114 valence electrons. The van der Waals surface area contributed by atoms with Gasteiger partial charge in [0, 0.05) is 42.2 Å². The van der Waals surface area contributed by atoms with E-state index < -0.39 is 0 Å². The lowest BCUT2D eigenvalue weighted by Crippen LogP contribution is -2.44. The Labute approximate surface area is 127 Å². The predicted molar refractivity (Wildman–Crippen MR) is 88.7 cm³/mol. The molecule has 20 heavy (non-hydrogen) atoms. The molecule has 0 saturated carbocycles. The number of thioether (sulfide) groups is 1. The van der Waals surface area contributed by atoms with Crippen LogP contribution in [0.5, 0.6) is 0 Å². The van der Waals surface area contributed by atoms with Gasteiger partial charge in [-0.2, -0.15) is 16.9 Å². The third-order valence-electron chi connectivity index (χ3n) is 4.03. The molecule has 1 atom stereocenters. The van der Waals surface area contributed by atoms with Crippen molar-refractivity contribution in [2.24, 2.45) is 12.8 Å². The Morgan fingerprint density at radius 2 is 2.15 bits per heavy atom. The Bertz CT molecular complexity index is 467. The second kappa shape index (κ2) is 5.98. The minimum atomic E-state index is 0.226. The second-order valence-electron chi connectivity index (χ2n) is 6.41. The van der Waals surface area contributed by atoms with Crippen LogP contribution in [-0.2, 0) is 13.5 Å². The summed E-state index contributed by atoms with van der Waals surface area (Å²) in [7, 11) is 2.05. The van der Waals surface area contributed by atoms with E-state index in [1.165, 1.54) is 17.1 Å². The molecule has 0 bridgehead atoms. The molecular formula is C15H28N4S. The van der Waals surface area contributed by atoms with E-state index in [0.29, 0.717) is 4.75 Å². The summed E-state index contributed by atoms with van der Waals surface area (Å²) < 4.78 is 2.35. The average molecular weight is 296 g/mol. The van der Waals surface area contributed by atoms with Crippen molar-refractivity contribution in [3.63, 3.8) is 0 Å². The summed E-state index contributed by atoms with van der Waals surface area (Å²) in [6.45, 7) is 11.1. The average Bonchev–Trinajstić information content (AvgIpc) is 2.62. The molecule has 2 rings (SSSR count). The summed E-state index contributed by atoms with van der Waals surface area (Å²) in [6, 6.07) is 0.226. The van der Waals surface area contributed by atoms with Crippen molar-refractivity contribution < 1.29 is 0 Å². The summed E-state index contributed by atoms with van der Waals surface area (Å²) in [5.41, 5.74) is 8.64. The van der Waals surface area contributed by atoms with Crippen LogP contribution in [0.25, 0.3) is 0 Å². The third-order valence-corrected chi connectivity index (χ3v) is 5.33. The Kier molecular flexibility index (Phi) is 4.69. The molecule has 4 nitrogen and oxygen atoms in total. The van der Waals surface area contributed by atoms with E-state index in [4.69, 9.17) is 5.73 Å². The molecule has 0 aliphatic carbocycles. The number of nitrogens with zero attached hydrogens (tertiary/aromatic N) is 3. The van der Waals surface area contributed by atoms with Crippen LogP contribution in [0.4, 0.5) is 5.82 Å². The van der Waals surface area contributed by atoms with Gasteiger partial charge in [-0.15, -0.1) is 0 Å². The molecule has 0 spiro atoms. The summed E-state index contributed by atoms with van der Waals surface area (Å²) >= 11 is 2.06. The third kappa shape index (κ3) is 3.31. The van der Waals surface area contributed by atoms with E-state index in [-0.39, 0.29) is 6.04 Å². The van der Waals surface area contributed by atoms with Gasteiger partial charge < -0.3 is 10.6 Å². The Hall–Kier alpha value is -0.680. The maximum absolute atomic E-state index is 6.18. The van der Waals surface area contributed by atoms with Gasteiger partial charge >= 0.3 is 0 Å². The fourth-order valence-corrected chi connectivity index (χ4v) is 4.04. The molecule has 5 heteroatoms. The molecule has 0 radical (unpaired) electrons. The lowest BCUT2D eigenvalue weighted by molar-refractivity contribution is 0.611. The molecule has 1 fully saturated rings.